The minimum atomic E-state index is 0.305. The van der Waals surface area contributed by atoms with Gasteiger partial charge in [0.05, 0.1) is 6.10 Å². The molecule has 0 bridgehead atoms. The van der Waals surface area contributed by atoms with Crippen LogP contribution < -0.4 is 11.3 Å². The van der Waals surface area contributed by atoms with Crippen LogP contribution in [0.3, 0.4) is 0 Å². The second-order valence-electron chi connectivity index (χ2n) is 4.99. The van der Waals surface area contributed by atoms with E-state index in [2.05, 4.69) is 16.5 Å². The quantitative estimate of drug-likeness (QED) is 0.596. The fraction of sp³-hybridized carbons (Fsp3) is 0.643. The van der Waals surface area contributed by atoms with E-state index in [9.17, 15) is 0 Å². The van der Waals surface area contributed by atoms with Crippen molar-refractivity contribution >= 4 is 0 Å². The summed E-state index contributed by atoms with van der Waals surface area (Å²) in [5, 5.41) is 0. The Labute approximate surface area is 109 Å². The molecule has 0 spiro atoms. The molecule has 4 heteroatoms. The van der Waals surface area contributed by atoms with Crippen LogP contribution in [0.15, 0.2) is 24.5 Å². The van der Waals surface area contributed by atoms with E-state index in [-0.39, 0.29) is 0 Å². The van der Waals surface area contributed by atoms with Gasteiger partial charge in [0.1, 0.15) is 0 Å². The van der Waals surface area contributed by atoms with Gasteiger partial charge in [-0.2, -0.15) is 0 Å². The molecule has 100 valence electrons. The van der Waals surface area contributed by atoms with Crippen LogP contribution in [0.1, 0.15) is 37.7 Å². The zero-order valence-electron chi connectivity index (χ0n) is 10.8. The first-order chi connectivity index (χ1) is 8.88. The Morgan fingerprint density at radius 2 is 2.44 bits per heavy atom. The van der Waals surface area contributed by atoms with Crippen LogP contribution in [0.5, 0.6) is 0 Å². The highest BCUT2D eigenvalue weighted by Crippen LogP contribution is 2.18. The first-order valence-electron chi connectivity index (χ1n) is 6.85. The predicted molar refractivity (Wildman–Crippen MR) is 71.9 cm³/mol. The average molecular weight is 249 g/mol. The summed E-state index contributed by atoms with van der Waals surface area (Å²) in [6.07, 6.45) is 10.9. The number of ether oxygens (including phenoxy) is 1. The maximum atomic E-state index is 5.74. The summed E-state index contributed by atoms with van der Waals surface area (Å²) in [6, 6.07) is 4.36. The van der Waals surface area contributed by atoms with Gasteiger partial charge in [-0.25, -0.2) is 0 Å². The summed E-state index contributed by atoms with van der Waals surface area (Å²) in [5.41, 5.74) is 4.13. The summed E-state index contributed by atoms with van der Waals surface area (Å²) in [5.74, 6) is 5.63. The summed E-state index contributed by atoms with van der Waals surface area (Å²) in [6.45, 7) is 0.925. The molecule has 4 nitrogen and oxygen atoms in total. The van der Waals surface area contributed by atoms with Gasteiger partial charge < -0.3 is 4.74 Å². The van der Waals surface area contributed by atoms with Gasteiger partial charge in [0.15, 0.2) is 0 Å². The Bertz CT molecular complexity index is 325. The first-order valence-corrected chi connectivity index (χ1v) is 6.85. The standard InChI is InChI=1S/C14H23N3O/c15-17-13(10-12-4-3-8-16-11-12)6-7-14-5-1-2-9-18-14/h3-4,8,11,13-14,17H,1-2,5-7,9-10,15H2. The molecule has 0 amide bonds. The lowest BCUT2D eigenvalue weighted by molar-refractivity contribution is 0.00858. The van der Waals surface area contributed by atoms with E-state index in [0.29, 0.717) is 12.1 Å². The second-order valence-corrected chi connectivity index (χ2v) is 4.99. The fourth-order valence-electron chi connectivity index (χ4n) is 2.47. The topological polar surface area (TPSA) is 60.2 Å². The average Bonchev–Trinajstić information content (AvgIpc) is 2.45. The summed E-state index contributed by atoms with van der Waals surface area (Å²) in [7, 11) is 0. The number of aromatic nitrogens is 1. The molecule has 2 unspecified atom stereocenters. The molecule has 0 aliphatic carbocycles. The lowest BCUT2D eigenvalue weighted by Crippen LogP contribution is -2.37. The van der Waals surface area contributed by atoms with Crippen LogP contribution in [0, 0.1) is 0 Å². The Morgan fingerprint density at radius 1 is 1.50 bits per heavy atom. The van der Waals surface area contributed by atoms with E-state index in [1.54, 1.807) is 6.20 Å². The number of hydrogen-bond acceptors (Lipinski definition) is 4. The third-order valence-electron chi connectivity index (χ3n) is 3.55. The third-order valence-corrected chi connectivity index (χ3v) is 3.55. The molecular formula is C14H23N3O. The predicted octanol–water partition coefficient (Wildman–Crippen LogP) is 1.81. The molecule has 18 heavy (non-hydrogen) atoms. The van der Waals surface area contributed by atoms with Crippen LogP contribution in [0.2, 0.25) is 0 Å². The number of pyridine rings is 1. The minimum Gasteiger partial charge on any atom is -0.378 e. The molecule has 1 aliphatic heterocycles. The van der Waals surface area contributed by atoms with E-state index in [1.807, 2.05) is 12.3 Å². The monoisotopic (exact) mass is 249 g/mol. The van der Waals surface area contributed by atoms with Crippen molar-refractivity contribution in [3.05, 3.63) is 30.1 Å². The van der Waals surface area contributed by atoms with Crippen LogP contribution in [-0.4, -0.2) is 23.7 Å². The first kappa shape index (κ1) is 13.5. The highest BCUT2D eigenvalue weighted by atomic mass is 16.5. The van der Waals surface area contributed by atoms with E-state index < -0.39 is 0 Å². The molecule has 1 saturated heterocycles. The molecule has 1 aromatic rings. The van der Waals surface area contributed by atoms with Gasteiger partial charge in [-0.1, -0.05) is 6.07 Å². The van der Waals surface area contributed by atoms with Crippen molar-refractivity contribution in [2.45, 2.75) is 50.7 Å². The van der Waals surface area contributed by atoms with Crippen molar-refractivity contribution in [3.63, 3.8) is 0 Å². The molecule has 0 aromatic carbocycles. The number of rotatable bonds is 6. The number of hydrazine groups is 1. The lowest BCUT2D eigenvalue weighted by atomic mass is 9.98. The maximum Gasteiger partial charge on any atom is 0.0575 e. The zero-order valence-corrected chi connectivity index (χ0v) is 10.8. The Balaban J connectivity index is 1.75. The van der Waals surface area contributed by atoms with Crippen molar-refractivity contribution in [2.75, 3.05) is 6.61 Å². The summed E-state index contributed by atoms with van der Waals surface area (Å²) >= 11 is 0. The van der Waals surface area contributed by atoms with Gasteiger partial charge in [-0.15, -0.1) is 0 Å². The number of nitrogens with zero attached hydrogens (tertiary/aromatic N) is 1. The molecule has 0 saturated carbocycles. The Hall–Kier alpha value is -0.970. The van der Waals surface area contributed by atoms with Crippen molar-refractivity contribution in [1.29, 1.82) is 0 Å². The fourth-order valence-corrected chi connectivity index (χ4v) is 2.47. The van der Waals surface area contributed by atoms with E-state index >= 15 is 0 Å². The van der Waals surface area contributed by atoms with Gasteiger partial charge in [-0.3, -0.25) is 16.3 Å². The van der Waals surface area contributed by atoms with Gasteiger partial charge in [0, 0.05) is 25.0 Å². The van der Waals surface area contributed by atoms with Gasteiger partial charge in [-0.05, 0) is 50.2 Å². The summed E-state index contributed by atoms with van der Waals surface area (Å²) in [4.78, 5) is 4.13. The van der Waals surface area contributed by atoms with Crippen molar-refractivity contribution in [2.24, 2.45) is 5.84 Å². The van der Waals surface area contributed by atoms with Crippen LogP contribution in [0.4, 0.5) is 0 Å². The Kier molecular flexibility index (Phi) is 5.58. The van der Waals surface area contributed by atoms with E-state index in [4.69, 9.17) is 10.6 Å². The zero-order chi connectivity index (χ0) is 12.6. The molecule has 3 N–H and O–H groups in total. The largest absolute Gasteiger partial charge is 0.378 e. The molecule has 1 aromatic heterocycles. The molecular weight excluding hydrogens is 226 g/mol. The van der Waals surface area contributed by atoms with Crippen molar-refractivity contribution in [1.82, 2.24) is 10.4 Å². The number of hydrogen-bond donors (Lipinski definition) is 2. The SMILES string of the molecule is NNC(CCC1CCCCO1)Cc1cccnc1. The van der Waals surface area contributed by atoms with E-state index in [1.165, 1.54) is 24.8 Å². The van der Waals surface area contributed by atoms with Crippen molar-refractivity contribution < 1.29 is 4.74 Å². The van der Waals surface area contributed by atoms with Crippen molar-refractivity contribution in [3.8, 4) is 0 Å². The summed E-state index contributed by atoms with van der Waals surface area (Å²) < 4.78 is 5.74. The molecule has 0 radical (unpaired) electrons. The third kappa shape index (κ3) is 4.37. The van der Waals surface area contributed by atoms with Gasteiger partial charge >= 0.3 is 0 Å². The van der Waals surface area contributed by atoms with Gasteiger partial charge in [0.25, 0.3) is 0 Å². The second kappa shape index (κ2) is 7.46. The normalized spacial score (nSPS) is 21.7. The minimum absolute atomic E-state index is 0.305. The van der Waals surface area contributed by atoms with Crippen LogP contribution in [-0.2, 0) is 11.2 Å². The Morgan fingerprint density at radius 3 is 3.11 bits per heavy atom. The molecule has 2 heterocycles. The smallest absolute Gasteiger partial charge is 0.0575 e. The maximum absolute atomic E-state index is 5.74. The van der Waals surface area contributed by atoms with Crippen LogP contribution in [0.25, 0.3) is 0 Å². The highest BCUT2D eigenvalue weighted by Gasteiger charge is 2.16. The molecule has 2 rings (SSSR count). The number of nitrogens with one attached hydrogen (secondary N) is 1. The molecule has 1 fully saturated rings. The van der Waals surface area contributed by atoms with Crippen LogP contribution >= 0.6 is 0 Å². The molecule has 2 atom stereocenters. The number of nitrogens with two attached hydrogens (primary N) is 1. The van der Waals surface area contributed by atoms with E-state index in [0.717, 1.165) is 25.9 Å². The molecule has 1 aliphatic rings. The van der Waals surface area contributed by atoms with Gasteiger partial charge in [0.2, 0.25) is 0 Å². The highest BCUT2D eigenvalue weighted by molar-refractivity contribution is 5.10. The lowest BCUT2D eigenvalue weighted by Gasteiger charge is -2.24.